The van der Waals surface area contributed by atoms with E-state index in [4.69, 9.17) is 14.6 Å². The molecule has 1 amide bonds. The fraction of sp³-hybridized carbons (Fsp3) is 0.478. The van der Waals surface area contributed by atoms with Crippen LogP contribution in [0.1, 0.15) is 55.0 Å². The predicted octanol–water partition coefficient (Wildman–Crippen LogP) is 5.51. The number of hydrogen-bond acceptors (Lipinski definition) is 6. The van der Waals surface area contributed by atoms with Crippen LogP contribution < -0.4 is 9.47 Å². The van der Waals surface area contributed by atoms with Gasteiger partial charge in [-0.1, -0.05) is 37.5 Å². The van der Waals surface area contributed by atoms with Gasteiger partial charge in [0.05, 0.1) is 36.6 Å². The lowest BCUT2D eigenvalue weighted by molar-refractivity contribution is -0.130. The average molecular weight is 445 g/mol. The summed E-state index contributed by atoms with van der Waals surface area (Å²) in [5, 5.41) is 9.10. The molecule has 0 saturated heterocycles. The van der Waals surface area contributed by atoms with Gasteiger partial charge in [-0.05, 0) is 30.4 Å². The van der Waals surface area contributed by atoms with Gasteiger partial charge >= 0.3 is 0 Å². The highest BCUT2D eigenvalue weighted by atomic mass is 32.2. The summed E-state index contributed by atoms with van der Waals surface area (Å²) in [6, 6.07) is 9.73. The Labute approximate surface area is 186 Å². The van der Waals surface area contributed by atoms with Crippen molar-refractivity contribution in [2.24, 2.45) is 5.10 Å². The third-order valence-corrected chi connectivity index (χ3v) is 8.03. The van der Waals surface area contributed by atoms with Crippen molar-refractivity contribution >= 4 is 34.7 Å². The monoisotopic (exact) mass is 444 g/mol. The maximum absolute atomic E-state index is 13.3. The molecule has 1 aliphatic heterocycles. The number of thioether (sulfide) groups is 1. The fourth-order valence-electron chi connectivity index (χ4n) is 4.24. The first kappa shape index (κ1) is 21.2. The van der Waals surface area contributed by atoms with E-state index in [1.165, 1.54) is 32.1 Å². The summed E-state index contributed by atoms with van der Waals surface area (Å²) in [5.74, 6) is 1.87. The maximum atomic E-state index is 13.3. The third-order valence-electron chi connectivity index (χ3n) is 5.76. The van der Waals surface area contributed by atoms with Gasteiger partial charge in [-0.25, -0.2) is 5.01 Å². The number of hydrazone groups is 1. The fourth-order valence-corrected chi connectivity index (χ4v) is 6.13. The molecule has 0 radical (unpaired) electrons. The Kier molecular flexibility index (Phi) is 7.00. The lowest BCUT2D eigenvalue weighted by Crippen LogP contribution is -2.29. The number of nitrogens with zero attached hydrogens (tertiary/aromatic N) is 2. The van der Waals surface area contributed by atoms with Crippen LogP contribution in [0.5, 0.6) is 11.5 Å². The molecule has 2 aromatic rings. The van der Waals surface area contributed by atoms with E-state index in [0.29, 0.717) is 28.9 Å². The SMILES string of the molecule is COc1cccc(C2CC(c3cccs3)=NN2C(=O)CSC2CCCCC2)c1OC. The Bertz CT molecular complexity index is 892. The van der Waals surface area contributed by atoms with E-state index in [0.717, 1.165) is 16.2 Å². The predicted molar refractivity (Wildman–Crippen MR) is 124 cm³/mol. The summed E-state index contributed by atoms with van der Waals surface area (Å²) >= 11 is 3.45. The maximum Gasteiger partial charge on any atom is 0.253 e. The van der Waals surface area contributed by atoms with Gasteiger partial charge in [-0.3, -0.25) is 4.79 Å². The zero-order chi connectivity index (χ0) is 20.9. The number of para-hydroxylation sites is 1. The molecule has 1 saturated carbocycles. The second kappa shape index (κ2) is 9.88. The van der Waals surface area contributed by atoms with Crippen molar-refractivity contribution in [1.82, 2.24) is 5.01 Å². The number of rotatable bonds is 7. The Morgan fingerprint density at radius 1 is 1.17 bits per heavy atom. The summed E-state index contributed by atoms with van der Waals surface area (Å²) in [6.07, 6.45) is 6.98. The number of benzene rings is 1. The molecule has 1 aromatic carbocycles. The minimum Gasteiger partial charge on any atom is -0.493 e. The number of ether oxygens (including phenoxy) is 2. The van der Waals surface area contributed by atoms with Crippen LogP contribution in [0.15, 0.2) is 40.8 Å². The largest absolute Gasteiger partial charge is 0.493 e. The van der Waals surface area contributed by atoms with Gasteiger partial charge < -0.3 is 9.47 Å². The van der Waals surface area contributed by atoms with Crippen LogP contribution in [-0.4, -0.2) is 41.9 Å². The van der Waals surface area contributed by atoms with Crippen molar-refractivity contribution in [2.75, 3.05) is 20.0 Å². The van der Waals surface area contributed by atoms with Crippen LogP contribution in [-0.2, 0) is 4.79 Å². The number of methoxy groups -OCH3 is 2. The molecule has 1 aliphatic carbocycles. The molecular formula is C23H28N2O3S2. The highest BCUT2D eigenvalue weighted by Crippen LogP contribution is 2.42. The van der Waals surface area contributed by atoms with Gasteiger partial charge in [0, 0.05) is 17.2 Å². The van der Waals surface area contributed by atoms with Gasteiger partial charge in [0.25, 0.3) is 5.91 Å². The van der Waals surface area contributed by atoms with Crippen molar-refractivity contribution in [3.05, 3.63) is 46.2 Å². The minimum atomic E-state index is -0.188. The van der Waals surface area contributed by atoms with E-state index in [2.05, 4.69) is 6.07 Å². The number of carbonyl (C=O) groups is 1. The molecule has 7 heteroatoms. The van der Waals surface area contributed by atoms with Crippen LogP contribution in [0.3, 0.4) is 0 Å². The molecular weight excluding hydrogens is 416 g/mol. The van der Waals surface area contributed by atoms with E-state index >= 15 is 0 Å². The summed E-state index contributed by atoms with van der Waals surface area (Å²) in [7, 11) is 3.27. The van der Waals surface area contributed by atoms with E-state index in [-0.39, 0.29) is 11.9 Å². The van der Waals surface area contributed by atoms with E-state index < -0.39 is 0 Å². The van der Waals surface area contributed by atoms with Gasteiger partial charge in [0.2, 0.25) is 0 Å². The zero-order valence-electron chi connectivity index (χ0n) is 17.5. The highest BCUT2D eigenvalue weighted by molar-refractivity contribution is 8.00. The number of carbonyl (C=O) groups excluding carboxylic acids is 1. The van der Waals surface area contributed by atoms with Crippen molar-refractivity contribution < 1.29 is 14.3 Å². The molecule has 2 heterocycles. The molecule has 1 aromatic heterocycles. The number of hydrogen-bond donors (Lipinski definition) is 0. The van der Waals surface area contributed by atoms with Gasteiger partial charge in [0.1, 0.15) is 0 Å². The molecule has 1 unspecified atom stereocenters. The van der Waals surface area contributed by atoms with Gasteiger partial charge in [-0.15, -0.1) is 23.1 Å². The van der Waals surface area contributed by atoms with Crippen LogP contribution in [0, 0.1) is 0 Å². The standard InChI is InChI=1S/C23H28N2O3S2/c1-27-20-11-6-10-17(23(20)28-2)19-14-18(21-12-7-13-29-21)24-25(19)22(26)15-30-16-8-4-3-5-9-16/h6-7,10-13,16,19H,3-5,8-9,14-15H2,1-2H3. The molecule has 1 atom stereocenters. The van der Waals surface area contributed by atoms with Crippen LogP contribution in [0.4, 0.5) is 0 Å². The Morgan fingerprint density at radius 3 is 2.70 bits per heavy atom. The van der Waals surface area contributed by atoms with Gasteiger partial charge in [0.15, 0.2) is 11.5 Å². The summed E-state index contributed by atoms with van der Waals surface area (Å²) in [4.78, 5) is 14.4. The topological polar surface area (TPSA) is 51.1 Å². The van der Waals surface area contributed by atoms with Crippen molar-refractivity contribution in [2.45, 2.75) is 49.8 Å². The van der Waals surface area contributed by atoms with Crippen molar-refractivity contribution in [3.8, 4) is 11.5 Å². The van der Waals surface area contributed by atoms with E-state index in [9.17, 15) is 4.79 Å². The Morgan fingerprint density at radius 2 is 2.00 bits per heavy atom. The molecule has 160 valence electrons. The first-order valence-electron chi connectivity index (χ1n) is 10.5. The lowest BCUT2D eigenvalue weighted by atomic mass is 9.99. The molecule has 30 heavy (non-hydrogen) atoms. The van der Waals surface area contributed by atoms with E-state index in [1.807, 2.05) is 29.6 Å². The van der Waals surface area contributed by atoms with Crippen molar-refractivity contribution in [3.63, 3.8) is 0 Å². The highest BCUT2D eigenvalue weighted by Gasteiger charge is 2.36. The molecule has 1 fully saturated rings. The molecule has 5 nitrogen and oxygen atoms in total. The average Bonchev–Trinajstić information content (AvgIpc) is 3.47. The molecule has 0 spiro atoms. The smallest absolute Gasteiger partial charge is 0.253 e. The van der Waals surface area contributed by atoms with Crippen LogP contribution in [0.2, 0.25) is 0 Å². The first-order valence-corrected chi connectivity index (χ1v) is 12.4. The molecule has 0 N–H and O–H groups in total. The first-order chi connectivity index (χ1) is 14.7. The second-order valence-electron chi connectivity index (χ2n) is 7.64. The lowest BCUT2D eigenvalue weighted by Gasteiger charge is -2.26. The Hall–Kier alpha value is -1.99. The number of thiophene rings is 1. The zero-order valence-corrected chi connectivity index (χ0v) is 19.1. The quantitative estimate of drug-likeness (QED) is 0.565. The summed E-state index contributed by atoms with van der Waals surface area (Å²) in [6.45, 7) is 0. The number of amides is 1. The second-order valence-corrected chi connectivity index (χ2v) is 9.87. The van der Waals surface area contributed by atoms with Gasteiger partial charge in [-0.2, -0.15) is 5.10 Å². The molecule has 0 bridgehead atoms. The van der Waals surface area contributed by atoms with Crippen LogP contribution >= 0.6 is 23.1 Å². The summed E-state index contributed by atoms with van der Waals surface area (Å²) < 4.78 is 11.2. The molecule has 4 rings (SSSR count). The Balaban J connectivity index is 1.59. The van der Waals surface area contributed by atoms with Crippen molar-refractivity contribution in [1.29, 1.82) is 0 Å². The minimum absolute atomic E-state index is 0.0620. The van der Waals surface area contributed by atoms with E-state index in [1.54, 1.807) is 42.3 Å². The summed E-state index contributed by atoms with van der Waals surface area (Å²) in [5.41, 5.74) is 1.89. The normalized spacial score (nSPS) is 19.6. The van der Waals surface area contributed by atoms with Crippen LogP contribution in [0.25, 0.3) is 0 Å². The molecule has 2 aliphatic rings. The third kappa shape index (κ3) is 4.52.